The summed E-state index contributed by atoms with van der Waals surface area (Å²) in [6, 6.07) is 0. The Bertz CT molecular complexity index is 331. The summed E-state index contributed by atoms with van der Waals surface area (Å²) in [4.78, 5) is 12.7. The summed E-state index contributed by atoms with van der Waals surface area (Å²) in [7, 11) is 1.70. The second kappa shape index (κ2) is 6.76. The fraction of sp³-hybridized carbons (Fsp3) is 0.938. The first-order valence-corrected chi connectivity index (χ1v) is 7.95. The molecule has 0 aromatic heterocycles. The number of methoxy groups -OCH3 is 1. The molecule has 0 aromatic rings. The predicted molar refractivity (Wildman–Crippen MR) is 82.2 cm³/mol. The number of rotatable bonds is 6. The maximum atomic E-state index is 12.7. The SMILES string of the molecule is COCCNCC(=O)C12CC3CCC(CC(C3)C1)C2.Cl. The van der Waals surface area contributed by atoms with Gasteiger partial charge in [-0.1, -0.05) is 12.8 Å². The highest BCUT2D eigenvalue weighted by atomic mass is 35.5. The van der Waals surface area contributed by atoms with Crippen LogP contribution in [0.15, 0.2) is 0 Å². The third-order valence-corrected chi connectivity index (χ3v) is 5.71. The Labute approximate surface area is 128 Å². The molecule has 4 saturated carbocycles. The van der Waals surface area contributed by atoms with E-state index in [2.05, 4.69) is 5.32 Å². The number of ketones is 1. The Kier molecular flexibility index (Phi) is 5.49. The average Bonchev–Trinajstić information content (AvgIpc) is 2.61. The van der Waals surface area contributed by atoms with Crippen LogP contribution in [-0.4, -0.2) is 32.6 Å². The van der Waals surface area contributed by atoms with Gasteiger partial charge in [-0.15, -0.1) is 12.4 Å². The van der Waals surface area contributed by atoms with Gasteiger partial charge in [-0.25, -0.2) is 0 Å². The van der Waals surface area contributed by atoms with Crippen LogP contribution in [0.4, 0.5) is 0 Å². The van der Waals surface area contributed by atoms with Crippen molar-refractivity contribution in [2.75, 3.05) is 26.8 Å². The molecule has 2 atom stereocenters. The number of halogens is 1. The van der Waals surface area contributed by atoms with Gasteiger partial charge in [-0.3, -0.25) is 4.79 Å². The van der Waals surface area contributed by atoms with Crippen molar-refractivity contribution in [1.82, 2.24) is 5.32 Å². The van der Waals surface area contributed by atoms with Gasteiger partial charge in [-0.05, 0) is 49.9 Å². The molecule has 1 N–H and O–H groups in total. The average molecular weight is 302 g/mol. The Morgan fingerprint density at radius 2 is 1.75 bits per heavy atom. The van der Waals surface area contributed by atoms with Crippen LogP contribution in [0.1, 0.15) is 44.9 Å². The molecule has 116 valence electrons. The second-order valence-electron chi connectivity index (χ2n) is 7.13. The van der Waals surface area contributed by atoms with Crippen LogP contribution in [0.25, 0.3) is 0 Å². The monoisotopic (exact) mass is 301 g/mol. The topological polar surface area (TPSA) is 38.3 Å². The molecule has 0 aromatic carbocycles. The van der Waals surface area contributed by atoms with Gasteiger partial charge in [0.15, 0.2) is 5.78 Å². The number of carbonyl (C=O) groups excluding carboxylic acids is 1. The maximum Gasteiger partial charge on any atom is 0.152 e. The van der Waals surface area contributed by atoms with Gasteiger partial charge in [0, 0.05) is 19.1 Å². The third-order valence-electron chi connectivity index (χ3n) is 5.71. The molecule has 4 bridgehead atoms. The van der Waals surface area contributed by atoms with Crippen LogP contribution < -0.4 is 5.32 Å². The first kappa shape index (κ1) is 16.3. The molecule has 4 fully saturated rings. The summed E-state index contributed by atoms with van der Waals surface area (Å²) in [6.45, 7) is 2.03. The lowest BCUT2D eigenvalue weighted by Crippen LogP contribution is -2.46. The Hall–Kier alpha value is -0.120. The van der Waals surface area contributed by atoms with Gasteiger partial charge in [0.2, 0.25) is 0 Å². The van der Waals surface area contributed by atoms with E-state index in [-0.39, 0.29) is 17.8 Å². The van der Waals surface area contributed by atoms with Crippen molar-refractivity contribution < 1.29 is 9.53 Å². The highest BCUT2D eigenvalue weighted by Gasteiger charge is 2.51. The number of carbonyl (C=O) groups is 1. The van der Waals surface area contributed by atoms with Crippen LogP contribution in [0.2, 0.25) is 0 Å². The zero-order valence-corrected chi connectivity index (χ0v) is 13.3. The molecule has 20 heavy (non-hydrogen) atoms. The minimum Gasteiger partial charge on any atom is -0.383 e. The zero-order valence-electron chi connectivity index (χ0n) is 12.5. The summed E-state index contributed by atoms with van der Waals surface area (Å²) in [6.07, 6.45) is 9.13. The fourth-order valence-electron chi connectivity index (χ4n) is 5.10. The number of hydrogen-bond acceptors (Lipinski definition) is 3. The highest BCUT2D eigenvalue weighted by Crippen LogP contribution is 2.57. The van der Waals surface area contributed by atoms with Crippen LogP contribution in [0, 0.1) is 23.2 Å². The Morgan fingerprint density at radius 1 is 1.15 bits per heavy atom. The lowest BCUT2D eigenvalue weighted by molar-refractivity contribution is -0.135. The molecule has 0 radical (unpaired) electrons. The van der Waals surface area contributed by atoms with Gasteiger partial charge in [-0.2, -0.15) is 0 Å². The van der Waals surface area contributed by atoms with Gasteiger partial charge < -0.3 is 10.1 Å². The first-order chi connectivity index (χ1) is 9.22. The van der Waals surface area contributed by atoms with E-state index in [9.17, 15) is 4.79 Å². The highest BCUT2D eigenvalue weighted by molar-refractivity contribution is 5.87. The van der Waals surface area contributed by atoms with Gasteiger partial charge in [0.05, 0.1) is 13.2 Å². The second-order valence-corrected chi connectivity index (χ2v) is 7.13. The Morgan fingerprint density at radius 3 is 2.35 bits per heavy atom. The molecular formula is C16H28ClNO2. The lowest BCUT2D eigenvalue weighted by atomic mass is 9.57. The molecule has 0 spiro atoms. The molecule has 4 aliphatic rings. The molecule has 0 heterocycles. The van der Waals surface area contributed by atoms with Crippen molar-refractivity contribution in [3.63, 3.8) is 0 Å². The maximum absolute atomic E-state index is 12.7. The van der Waals surface area contributed by atoms with Crippen LogP contribution in [-0.2, 0) is 9.53 Å². The third kappa shape index (κ3) is 3.20. The first-order valence-electron chi connectivity index (χ1n) is 7.95. The minimum absolute atomic E-state index is 0. The lowest BCUT2D eigenvalue weighted by Gasteiger charge is -2.47. The summed E-state index contributed by atoms with van der Waals surface area (Å²) >= 11 is 0. The van der Waals surface area contributed by atoms with Gasteiger partial charge in [0.25, 0.3) is 0 Å². The number of nitrogens with one attached hydrogen (secondary N) is 1. The molecule has 4 heteroatoms. The molecular weight excluding hydrogens is 274 g/mol. The smallest absolute Gasteiger partial charge is 0.152 e. The van der Waals surface area contributed by atoms with Crippen LogP contribution >= 0.6 is 12.4 Å². The number of Topliss-reactive ketones (excluding diaryl/α,β-unsaturated/α-hetero) is 1. The van der Waals surface area contributed by atoms with Crippen molar-refractivity contribution in [2.24, 2.45) is 23.2 Å². The van der Waals surface area contributed by atoms with E-state index in [1.807, 2.05) is 0 Å². The van der Waals surface area contributed by atoms with E-state index >= 15 is 0 Å². The van der Waals surface area contributed by atoms with E-state index in [4.69, 9.17) is 4.74 Å². The normalized spacial score (nSPS) is 38.4. The number of fused-ring (bicyclic) bond motifs is 1. The van der Waals surface area contributed by atoms with Crippen molar-refractivity contribution in [2.45, 2.75) is 44.9 Å². The molecule has 0 amide bonds. The minimum atomic E-state index is 0. The summed E-state index contributed by atoms with van der Waals surface area (Å²) in [5.41, 5.74) is 0.0487. The van der Waals surface area contributed by atoms with E-state index in [1.165, 1.54) is 44.9 Å². The standard InChI is InChI=1S/C16H27NO2.ClH/c1-19-5-4-17-11-15(18)16-8-12-2-3-13(9-16)7-14(6-12)10-16;/h12-14,17H,2-11H2,1H3;1H. The summed E-state index contributed by atoms with van der Waals surface area (Å²) in [5.74, 6) is 3.02. The molecule has 0 aliphatic heterocycles. The van der Waals surface area contributed by atoms with Gasteiger partial charge >= 0.3 is 0 Å². The van der Waals surface area contributed by atoms with Crippen molar-refractivity contribution in [1.29, 1.82) is 0 Å². The number of hydrogen-bond donors (Lipinski definition) is 1. The molecule has 4 rings (SSSR count). The van der Waals surface area contributed by atoms with Crippen LogP contribution in [0.3, 0.4) is 0 Å². The summed E-state index contributed by atoms with van der Waals surface area (Å²) < 4.78 is 5.02. The van der Waals surface area contributed by atoms with E-state index in [0.29, 0.717) is 18.9 Å². The van der Waals surface area contributed by atoms with Crippen molar-refractivity contribution >= 4 is 18.2 Å². The largest absolute Gasteiger partial charge is 0.383 e. The predicted octanol–water partition coefficient (Wildman–Crippen LogP) is 2.82. The van der Waals surface area contributed by atoms with Crippen LogP contribution in [0.5, 0.6) is 0 Å². The van der Waals surface area contributed by atoms with Gasteiger partial charge in [0.1, 0.15) is 0 Å². The fourth-order valence-corrected chi connectivity index (χ4v) is 5.10. The van der Waals surface area contributed by atoms with E-state index in [0.717, 1.165) is 24.3 Å². The van der Waals surface area contributed by atoms with E-state index in [1.54, 1.807) is 7.11 Å². The number of ether oxygens (including phenoxy) is 1. The Balaban J connectivity index is 0.00000147. The molecule has 0 saturated heterocycles. The molecule has 4 aliphatic carbocycles. The zero-order chi connectivity index (χ0) is 13.3. The summed E-state index contributed by atoms with van der Waals surface area (Å²) in [5, 5.41) is 3.26. The molecule has 3 nitrogen and oxygen atoms in total. The quantitative estimate of drug-likeness (QED) is 0.767. The van der Waals surface area contributed by atoms with Crippen molar-refractivity contribution in [3.05, 3.63) is 0 Å². The van der Waals surface area contributed by atoms with Crippen molar-refractivity contribution in [3.8, 4) is 0 Å². The molecule has 2 unspecified atom stereocenters. The van der Waals surface area contributed by atoms with E-state index < -0.39 is 0 Å².